The van der Waals surface area contributed by atoms with Crippen molar-refractivity contribution < 1.29 is 27.7 Å². The van der Waals surface area contributed by atoms with E-state index in [9.17, 15) is 32.9 Å². The van der Waals surface area contributed by atoms with Crippen LogP contribution in [0.2, 0.25) is 0 Å². The van der Waals surface area contributed by atoms with Gasteiger partial charge in [0.05, 0.1) is 20.6 Å². The molecule has 11 heteroatoms. The molecule has 0 radical (unpaired) electrons. The molecular weight excluding hydrogens is 450 g/mol. The molecule has 10 nitrogen and oxygen atoms in total. The Hall–Kier alpha value is -3.60. The molecule has 172 valence electrons. The number of imide groups is 1. The zero-order valence-corrected chi connectivity index (χ0v) is 18.5. The van der Waals surface area contributed by atoms with Gasteiger partial charge in [-0.3, -0.25) is 29.4 Å². The van der Waals surface area contributed by atoms with Gasteiger partial charge in [-0.1, -0.05) is 18.9 Å². The molecule has 0 bridgehead atoms. The number of amides is 3. The van der Waals surface area contributed by atoms with E-state index in [0.29, 0.717) is 23.4 Å². The number of nitro groups is 1. The van der Waals surface area contributed by atoms with Crippen molar-refractivity contribution in [3.63, 3.8) is 0 Å². The third-order valence-electron chi connectivity index (χ3n) is 6.08. The van der Waals surface area contributed by atoms with Crippen LogP contribution < -0.4 is 5.32 Å². The predicted molar refractivity (Wildman–Crippen MR) is 118 cm³/mol. The Balaban J connectivity index is 1.50. The standard InChI is InChI=1S/C22H21N3O7S/c1-13(24-21(27)17-7-4-8-18(25(29)30)19(17)22(24)28)20(26)23-14-9-11-16(12-10-14)33(31,32)15-5-2-3-6-15/h4,7-13,15H,2-3,5-6H2,1H3,(H,23,26). The molecule has 1 saturated carbocycles. The first-order valence-corrected chi connectivity index (χ1v) is 12.0. The normalized spacial score (nSPS) is 17.2. The number of fused-ring (bicyclic) bond motifs is 1. The number of anilines is 1. The molecule has 2 aliphatic rings. The maximum absolute atomic E-state index is 12.8. The highest BCUT2D eigenvalue weighted by Gasteiger charge is 2.44. The van der Waals surface area contributed by atoms with Crippen LogP contribution >= 0.6 is 0 Å². The van der Waals surface area contributed by atoms with Crippen LogP contribution in [0, 0.1) is 10.1 Å². The molecule has 4 rings (SSSR count). The fourth-order valence-electron chi connectivity index (χ4n) is 4.27. The van der Waals surface area contributed by atoms with Crippen LogP contribution in [-0.2, 0) is 14.6 Å². The molecule has 1 aliphatic heterocycles. The van der Waals surface area contributed by atoms with Gasteiger partial charge < -0.3 is 5.32 Å². The number of sulfone groups is 1. The van der Waals surface area contributed by atoms with E-state index < -0.39 is 49.5 Å². The molecule has 0 spiro atoms. The highest BCUT2D eigenvalue weighted by Crippen LogP contribution is 2.32. The first kappa shape index (κ1) is 22.6. The molecule has 0 saturated heterocycles. The Morgan fingerprint density at radius 1 is 1.09 bits per heavy atom. The van der Waals surface area contributed by atoms with Crippen LogP contribution in [0.4, 0.5) is 11.4 Å². The number of hydrogen-bond acceptors (Lipinski definition) is 7. The van der Waals surface area contributed by atoms with Gasteiger partial charge in [-0.25, -0.2) is 8.42 Å². The fourth-order valence-corrected chi connectivity index (χ4v) is 6.13. The summed E-state index contributed by atoms with van der Waals surface area (Å²) in [6.07, 6.45) is 3.04. The second-order valence-corrected chi connectivity index (χ2v) is 10.3. The number of nitrogens with one attached hydrogen (secondary N) is 1. The fraction of sp³-hybridized carbons (Fsp3) is 0.318. The van der Waals surface area contributed by atoms with Crippen molar-refractivity contribution in [2.45, 2.75) is 48.8 Å². The van der Waals surface area contributed by atoms with Crippen molar-refractivity contribution in [1.29, 1.82) is 0 Å². The summed E-state index contributed by atoms with van der Waals surface area (Å²) in [7, 11) is -3.43. The van der Waals surface area contributed by atoms with Crippen molar-refractivity contribution in [1.82, 2.24) is 4.90 Å². The lowest BCUT2D eigenvalue weighted by Crippen LogP contribution is -2.45. The van der Waals surface area contributed by atoms with E-state index in [-0.39, 0.29) is 16.0 Å². The van der Waals surface area contributed by atoms with Crippen LogP contribution in [0.5, 0.6) is 0 Å². The number of nitro benzene ring substituents is 1. The van der Waals surface area contributed by atoms with Crippen LogP contribution in [0.1, 0.15) is 53.3 Å². The second kappa shape index (κ2) is 8.39. The Morgan fingerprint density at radius 2 is 1.73 bits per heavy atom. The minimum atomic E-state index is -3.43. The zero-order chi connectivity index (χ0) is 23.9. The van der Waals surface area contributed by atoms with Gasteiger partial charge in [-0.05, 0) is 50.1 Å². The Morgan fingerprint density at radius 3 is 2.33 bits per heavy atom. The van der Waals surface area contributed by atoms with E-state index >= 15 is 0 Å². The molecule has 3 amide bonds. The smallest absolute Gasteiger partial charge is 0.282 e. The summed E-state index contributed by atoms with van der Waals surface area (Å²) in [6, 6.07) is 8.20. The van der Waals surface area contributed by atoms with Gasteiger partial charge >= 0.3 is 0 Å². The molecule has 1 N–H and O–H groups in total. The molecule has 2 aromatic carbocycles. The van der Waals surface area contributed by atoms with Gasteiger partial charge in [0.15, 0.2) is 9.84 Å². The van der Waals surface area contributed by atoms with Crippen LogP contribution in [-0.4, -0.2) is 47.3 Å². The molecule has 0 aromatic heterocycles. The van der Waals surface area contributed by atoms with E-state index in [2.05, 4.69) is 5.32 Å². The molecule has 1 atom stereocenters. The predicted octanol–water partition coefficient (Wildman–Crippen LogP) is 2.93. The van der Waals surface area contributed by atoms with E-state index in [1.807, 2.05) is 0 Å². The minimum Gasteiger partial charge on any atom is -0.324 e. The molecule has 1 aliphatic carbocycles. The SMILES string of the molecule is CC(C(=O)Nc1ccc(S(=O)(=O)C2CCCC2)cc1)N1C(=O)c2cccc([N+](=O)[O-])c2C1=O. The summed E-state index contributed by atoms with van der Waals surface area (Å²) in [5.74, 6) is -2.40. The number of nitrogens with zero attached hydrogens (tertiary/aromatic N) is 2. The van der Waals surface area contributed by atoms with Crippen molar-refractivity contribution >= 4 is 38.9 Å². The molecule has 1 heterocycles. The largest absolute Gasteiger partial charge is 0.324 e. The first-order chi connectivity index (χ1) is 15.6. The monoisotopic (exact) mass is 471 g/mol. The number of benzene rings is 2. The highest BCUT2D eigenvalue weighted by molar-refractivity contribution is 7.92. The second-order valence-electron chi connectivity index (χ2n) is 8.08. The van der Waals surface area contributed by atoms with Gasteiger partial charge in [0.1, 0.15) is 11.6 Å². The van der Waals surface area contributed by atoms with Gasteiger partial charge in [0.2, 0.25) is 5.91 Å². The number of carbonyl (C=O) groups is 3. The van der Waals surface area contributed by atoms with Gasteiger partial charge in [0, 0.05) is 11.8 Å². The Bertz CT molecular complexity index is 1270. The van der Waals surface area contributed by atoms with Crippen molar-refractivity contribution in [2.75, 3.05) is 5.32 Å². The zero-order valence-electron chi connectivity index (χ0n) is 17.7. The molecular formula is C22H21N3O7S. The number of carbonyl (C=O) groups excluding carboxylic acids is 3. The van der Waals surface area contributed by atoms with E-state index in [1.165, 1.54) is 43.3 Å². The quantitative estimate of drug-likeness (QED) is 0.387. The van der Waals surface area contributed by atoms with E-state index in [0.717, 1.165) is 18.9 Å². The van der Waals surface area contributed by atoms with Crippen LogP contribution in [0.3, 0.4) is 0 Å². The molecule has 1 unspecified atom stereocenters. The summed E-state index contributed by atoms with van der Waals surface area (Å²) in [6.45, 7) is 1.34. The third kappa shape index (κ3) is 3.88. The number of hydrogen-bond donors (Lipinski definition) is 1. The van der Waals surface area contributed by atoms with Gasteiger partial charge in [-0.2, -0.15) is 0 Å². The average Bonchev–Trinajstić information content (AvgIpc) is 3.42. The Labute approximate surface area is 189 Å². The lowest BCUT2D eigenvalue weighted by molar-refractivity contribution is -0.385. The maximum Gasteiger partial charge on any atom is 0.282 e. The summed E-state index contributed by atoms with van der Waals surface area (Å²) >= 11 is 0. The van der Waals surface area contributed by atoms with Crippen LogP contribution in [0.15, 0.2) is 47.4 Å². The summed E-state index contributed by atoms with van der Waals surface area (Å²) in [4.78, 5) is 49.6. The van der Waals surface area contributed by atoms with Gasteiger partial charge in [0.25, 0.3) is 17.5 Å². The number of rotatable bonds is 6. The van der Waals surface area contributed by atoms with E-state index in [1.54, 1.807) is 0 Å². The summed E-state index contributed by atoms with van der Waals surface area (Å²) in [5.41, 5.74) is -0.677. The van der Waals surface area contributed by atoms with Crippen molar-refractivity contribution in [3.05, 3.63) is 63.7 Å². The van der Waals surface area contributed by atoms with E-state index in [4.69, 9.17) is 0 Å². The summed E-state index contributed by atoms with van der Waals surface area (Å²) in [5, 5.41) is 13.4. The molecule has 33 heavy (non-hydrogen) atoms. The Kier molecular flexibility index (Phi) is 5.75. The average molecular weight is 471 g/mol. The van der Waals surface area contributed by atoms with Gasteiger partial charge in [-0.15, -0.1) is 0 Å². The maximum atomic E-state index is 12.8. The third-order valence-corrected chi connectivity index (χ3v) is 8.36. The summed E-state index contributed by atoms with van der Waals surface area (Å²) < 4.78 is 25.4. The topological polar surface area (TPSA) is 144 Å². The van der Waals surface area contributed by atoms with Crippen LogP contribution in [0.25, 0.3) is 0 Å². The first-order valence-electron chi connectivity index (χ1n) is 10.4. The van der Waals surface area contributed by atoms with Crippen molar-refractivity contribution in [2.24, 2.45) is 0 Å². The highest BCUT2D eigenvalue weighted by atomic mass is 32.2. The molecule has 2 aromatic rings. The minimum absolute atomic E-state index is 0.129. The lowest BCUT2D eigenvalue weighted by atomic mass is 10.1. The lowest BCUT2D eigenvalue weighted by Gasteiger charge is -2.21. The van der Waals surface area contributed by atoms with Crippen molar-refractivity contribution in [3.8, 4) is 0 Å². The molecule has 1 fully saturated rings.